The second-order valence-corrected chi connectivity index (χ2v) is 23.6. The van der Waals surface area contributed by atoms with Gasteiger partial charge in [0.1, 0.15) is 23.4 Å². The van der Waals surface area contributed by atoms with Crippen molar-refractivity contribution in [2.75, 3.05) is 83.2 Å². The first-order valence-electron chi connectivity index (χ1n) is 28.2. The van der Waals surface area contributed by atoms with Crippen molar-refractivity contribution in [2.24, 2.45) is 5.73 Å². The van der Waals surface area contributed by atoms with E-state index in [2.05, 4.69) is 39.2 Å². The number of nitrogens with one attached hydrogen (secondary N) is 5. The van der Waals surface area contributed by atoms with Gasteiger partial charge in [-0.1, -0.05) is 105 Å². The fraction of sp³-hybridized carbons (Fsp3) is 0.569. The largest absolute Gasteiger partial charge is 0.444 e. The summed E-state index contributed by atoms with van der Waals surface area (Å²) in [6.45, 7) is 14.1. The van der Waals surface area contributed by atoms with E-state index >= 15 is 0 Å². The molecule has 8 N–H and O–H groups in total. The summed E-state index contributed by atoms with van der Waals surface area (Å²) < 4.78 is 85.5. The topological polar surface area (TPSA) is 357 Å². The van der Waals surface area contributed by atoms with Crippen molar-refractivity contribution < 1.29 is 82.8 Å². The Hall–Kier alpha value is -5.82. The molecule has 0 aliphatic carbocycles. The van der Waals surface area contributed by atoms with Crippen LogP contribution in [0.3, 0.4) is 0 Å². The van der Waals surface area contributed by atoms with Crippen LogP contribution in [-0.4, -0.2) is 180 Å². The highest BCUT2D eigenvalue weighted by atomic mass is 32.2. The number of hydrogen-bond donors (Lipinski definition) is 8. The number of hydrogen-bond acceptors (Lipinski definition) is 20. The molecule has 0 aromatic heterocycles. The number of ether oxygens (including phenoxy) is 5. The van der Waals surface area contributed by atoms with E-state index in [1.54, 1.807) is 27.7 Å². The predicted molar refractivity (Wildman–Crippen MR) is 330 cm³/mol. The van der Waals surface area contributed by atoms with Crippen molar-refractivity contribution in [3.8, 4) is 0 Å². The first-order chi connectivity index (χ1) is 40.8. The van der Waals surface area contributed by atoms with Gasteiger partial charge in [0.25, 0.3) is 10.1 Å². The van der Waals surface area contributed by atoms with Gasteiger partial charge in [0.15, 0.2) is 11.6 Å². The summed E-state index contributed by atoms with van der Waals surface area (Å²) in [5.74, 6) is -2.80. The number of carbonyl (C=O) groups is 7. The predicted octanol–water partition coefficient (Wildman–Crippen LogP) is 4.32. The van der Waals surface area contributed by atoms with Crippen molar-refractivity contribution in [2.45, 2.75) is 127 Å². The Balaban J connectivity index is 0.00000103. The summed E-state index contributed by atoms with van der Waals surface area (Å²) in [5.41, 5.74) is 7.36. The zero-order valence-corrected chi connectivity index (χ0v) is 53.3. The highest BCUT2D eigenvalue weighted by molar-refractivity contribution is 8.00. The highest BCUT2D eigenvalue weighted by Crippen LogP contribution is 2.48. The smallest absolute Gasteiger partial charge is 0.425 e. The minimum atomic E-state index is -4.72. The Morgan fingerprint density at radius 2 is 1.01 bits per heavy atom. The number of rotatable bonds is 40. The second-order valence-electron chi connectivity index (χ2n) is 20.1. The number of thiol groups is 1. The summed E-state index contributed by atoms with van der Waals surface area (Å²) in [7, 11) is -7.83. The van der Waals surface area contributed by atoms with Gasteiger partial charge in [-0.05, 0) is 70.1 Å². The Labute approximate surface area is 517 Å². The molecule has 0 spiro atoms. The second kappa shape index (κ2) is 44.6. The third-order valence-corrected chi connectivity index (χ3v) is 14.5. The number of nitrogens with two attached hydrogens (primary N) is 1. The van der Waals surface area contributed by atoms with Crippen LogP contribution in [-0.2, 0) is 77.9 Å². The van der Waals surface area contributed by atoms with Gasteiger partial charge in [-0.25, -0.2) is 4.79 Å². The van der Waals surface area contributed by atoms with Crippen molar-refractivity contribution in [1.82, 2.24) is 26.6 Å². The van der Waals surface area contributed by atoms with Crippen LogP contribution in [0.5, 0.6) is 0 Å². The lowest BCUT2D eigenvalue weighted by molar-refractivity contribution is -0.128. The van der Waals surface area contributed by atoms with Crippen LogP contribution in [0.4, 0.5) is 4.79 Å². The number of alkyl carbamates (subject to hydrolysis) is 1. The normalized spacial score (nSPS) is 12.7. The van der Waals surface area contributed by atoms with Crippen molar-refractivity contribution in [3.63, 3.8) is 0 Å². The summed E-state index contributed by atoms with van der Waals surface area (Å²) in [6, 6.07) is 24.9. The molecule has 0 aliphatic rings. The van der Waals surface area contributed by atoms with Gasteiger partial charge in [-0.3, -0.25) is 33.3 Å². The van der Waals surface area contributed by atoms with Crippen molar-refractivity contribution in [3.05, 3.63) is 108 Å². The third kappa shape index (κ3) is 35.7. The van der Waals surface area contributed by atoms with Gasteiger partial charge >= 0.3 is 16.7 Å². The molecule has 3 rings (SSSR count). The Morgan fingerprint density at radius 1 is 0.605 bits per heavy atom. The standard InChI is InChI=1S/C41H55N3O10S2.C17H33N3O5S.O3S/c1-5-16-37(46)42-24-26-53-28-27-52-25-15-23-36(45)35(30-56(49,50)51)43-38(47)34(44-39(48)54-40(2,3)4)29-55-41(31-17-9-6-10-18-31,32-19-11-7-12-20-32)33-21-13-8-14-22-33;1-3-5-16(22)19-7-9-25-11-10-24-8-4-6-15(21)13(2)20-17(23)14(18)12-26;1-4(2)3/h6-14,17-22,34-35H,5,15-16,23-30H2,1-4H3,(H,42,46)(H,43,47)(H,44,48)(H,49,50,51);13-14,26H,3-12,18H2,1-2H3,(H,19,22)(H,20,23);/t34-,35-;13-,14-;/m00./s1. The van der Waals surface area contributed by atoms with E-state index in [0.717, 1.165) is 29.5 Å². The number of amides is 5. The van der Waals surface area contributed by atoms with Gasteiger partial charge in [-0.2, -0.15) is 21.0 Å². The Kier molecular flexibility index (Phi) is 40.5. The lowest BCUT2D eigenvalue weighted by Crippen LogP contribution is -2.55. The van der Waals surface area contributed by atoms with Crippen LogP contribution in [0.25, 0.3) is 0 Å². The number of carbonyl (C=O) groups excluding carboxylic acids is 7. The number of benzene rings is 3. The van der Waals surface area contributed by atoms with E-state index in [-0.39, 0.29) is 67.7 Å². The zero-order chi connectivity index (χ0) is 64.4. The molecule has 0 radical (unpaired) electrons. The van der Waals surface area contributed by atoms with Gasteiger partial charge in [-0.15, -0.1) is 24.4 Å². The number of Topliss-reactive ketones (excluding diaryl/α,β-unsaturated/α-hetero) is 2. The first kappa shape index (κ1) is 78.2. The molecule has 4 atom stereocenters. The highest BCUT2D eigenvalue weighted by Gasteiger charge is 2.40. The summed E-state index contributed by atoms with van der Waals surface area (Å²) in [5, 5.41) is 13.2. The van der Waals surface area contributed by atoms with Crippen LogP contribution in [0.2, 0.25) is 0 Å². The van der Waals surface area contributed by atoms with E-state index in [9.17, 15) is 46.5 Å². The molecule has 0 heterocycles. The molecular formula is C58H88N6O18S4. The van der Waals surface area contributed by atoms with Crippen LogP contribution in [0.15, 0.2) is 91.0 Å². The number of thioether (sulfide) groups is 1. The third-order valence-electron chi connectivity index (χ3n) is 11.7. The molecule has 482 valence electrons. The molecule has 3 aromatic carbocycles. The maximum absolute atomic E-state index is 14.1. The molecule has 28 heteroatoms. The molecule has 3 aromatic rings. The van der Waals surface area contributed by atoms with Crippen LogP contribution < -0.4 is 32.3 Å². The maximum Gasteiger partial charge on any atom is 0.425 e. The van der Waals surface area contributed by atoms with Gasteiger partial charge < -0.3 is 56.0 Å². The lowest BCUT2D eigenvalue weighted by atomic mass is 9.84. The van der Waals surface area contributed by atoms with E-state index in [1.807, 2.05) is 105 Å². The minimum absolute atomic E-state index is 0.0366. The van der Waals surface area contributed by atoms with Crippen molar-refractivity contribution >= 4 is 86.4 Å². The molecule has 5 amide bonds. The van der Waals surface area contributed by atoms with Crippen LogP contribution in [0.1, 0.15) is 110 Å². The molecule has 0 fully saturated rings. The quantitative estimate of drug-likeness (QED) is 0.0170. The van der Waals surface area contributed by atoms with Crippen LogP contribution in [0, 0.1) is 0 Å². The maximum atomic E-state index is 14.1. The summed E-state index contributed by atoms with van der Waals surface area (Å²) in [4.78, 5) is 86.8. The van der Waals surface area contributed by atoms with Crippen LogP contribution >= 0.6 is 24.4 Å². The molecule has 0 aliphatic heterocycles. The lowest BCUT2D eigenvalue weighted by Gasteiger charge is -2.36. The van der Waals surface area contributed by atoms with Gasteiger partial charge in [0.05, 0.1) is 56.5 Å². The molecule has 0 saturated carbocycles. The van der Waals surface area contributed by atoms with Gasteiger partial charge in [0.2, 0.25) is 23.6 Å². The monoisotopic (exact) mass is 1280 g/mol. The SMILES string of the molecule is CCCC(=O)NCCOCCOCCCC(=O)[C@H](C)NC(=O)[C@@H](N)CS.CCCC(=O)NCCOCCOCCCC(=O)[C@H](CS(=O)(=O)O)NC(=O)[C@H](CSC(c1ccccc1)(c1ccccc1)c1ccccc1)NC(=O)OC(C)(C)C.O=S(=O)=O. The fourth-order valence-corrected chi connectivity index (χ4v) is 10.1. The van der Waals surface area contributed by atoms with E-state index in [0.29, 0.717) is 71.8 Å². The minimum Gasteiger partial charge on any atom is -0.444 e. The summed E-state index contributed by atoms with van der Waals surface area (Å²) in [6.07, 6.45) is 2.63. The molecular weight excluding hydrogens is 1200 g/mol. The molecule has 0 unspecified atom stereocenters. The van der Waals surface area contributed by atoms with E-state index in [4.69, 9.17) is 42.0 Å². The Morgan fingerprint density at radius 3 is 1.40 bits per heavy atom. The average Bonchev–Trinajstić information content (AvgIpc) is 1.53. The molecule has 24 nitrogen and oxygen atoms in total. The zero-order valence-electron chi connectivity index (χ0n) is 50.0. The van der Waals surface area contributed by atoms with E-state index < -0.39 is 78.8 Å². The summed E-state index contributed by atoms with van der Waals surface area (Å²) >= 11 is 5.32. The molecule has 0 bridgehead atoms. The van der Waals surface area contributed by atoms with Crippen molar-refractivity contribution in [1.29, 1.82) is 0 Å². The fourth-order valence-electron chi connectivity index (χ4n) is 7.68. The molecule has 0 saturated heterocycles. The number of ketones is 2. The van der Waals surface area contributed by atoms with Gasteiger partial charge in [0, 0.05) is 63.5 Å². The molecule has 86 heavy (non-hydrogen) atoms. The Bertz CT molecular complexity index is 2590. The first-order valence-corrected chi connectivity index (χ1v) is 32.4. The average molecular weight is 1290 g/mol. The van der Waals surface area contributed by atoms with E-state index in [1.165, 1.54) is 11.8 Å².